The van der Waals surface area contributed by atoms with Crippen LogP contribution in [0.15, 0.2) is 48.5 Å². The van der Waals surface area contributed by atoms with E-state index in [-0.39, 0.29) is 17.4 Å². The summed E-state index contributed by atoms with van der Waals surface area (Å²) in [6.45, 7) is 4.43. The van der Waals surface area contributed by atoms with Crippen LogP contribution in [0.5, 0.6) is 0 Å². The molecule has 4 rings (SSSR count). The first-order valence-corrected chi connectivity index (χ1v) is 10.5. The number of carbonyl (C=O) groups is 2. The van der Waals surface area contributed by atoms with E-state index in [4.69, 9.17) is 4.74 Å². The van der Waals surface area contributed by atoms with Gasteiger partial charge in [-0.1, -0.05) is 0 Å². The third kappa shape index (κ3) is 4.88. The van der Waals surface area contributed by atoms with Gasteiger partial charge in [0.15, 0.2) is 0 Å². The van der Waals surface area contributed by atoms with Gasteiger partial charge in [-0.05, 0) is 48.5 Å². The van der Waals surface area contributed by atoms with Crippen LogP contribution in [-0.4, -0.2) is 74.1 Å². The Hall–Kier alpha value is -3.07. The van der Waals surface area contributed by atoms with Crippen molar-refractivity contribution in [1.82, 2.24) is 9.80 Å². The van der Waals surface area contributed by atoms with E-state index in [1.54, 1.807) is 9.80 Å². The Kier molecular flexibility index (Phi) is 6.36. The quantitative estimate of drug-likeness (QED) is 0.726. The second-order valence-corrected chi connectivity index (χ2v) is 7.81. The van der Waals surface area contributed by atoms with Gasteiger partial charge in [0.1, 0.15) is 0 Å². The highest BCUT2D eigenvalue weighted by Gasteiger charge is 2.31. The molecule has 2 aromatic rings. The van der Waals surface area contributed by atoms with Gasteiger partial charge in [-0.3, -0.25) is 9.59 Å². The van der Waals surface area contributed by atoms with E-state index in [1.807, 2.05) is 24.3 Å². The molecule has 2 fully saturated rings. The smallest absolute Gasteiger partial charge is 0.378 e. The van der Waals surface area contributed by atoms with Crippen molar-refractivity contribution in [3.05, 3.63) is 65.2 Å². The summed E-state index contributed by atoms with van der Waals surface area (Å²) in [5.41, 5.74) is 1.06. The van der Waals surface area contributed by atoms with Crippen molar-refractivity contribution in [1.29, 1.82) is 0 Å². The zero-order chi connectivity index (χ0) is 22.7. The Bertz CT molecular complexity index is 947. The number of amides is 2. The predicted octanol–water partition coefficient (Wildman–Crippen LogP) is 3.14. The van der Waals surface area contributed by atoms with Crippen LogP contribution in [0.1, 0.15) is 26.3 Å². The summed E-state index contributed by atoms with van der Waals surface area (Å²) < 4.78 is 43.5. The van der Waals surface area contributed by atoms with Gasteiger partial charge in [0.05, 0.1) is 18.8 Å². The Balaban J connectivity index is 1.33. The number of alkyl halides is 3. The zero-order valence-electron chi connectivity index (χ0n) is 17.5. The number of hydrogen-bond acceptors (Lipinski definition) is 4. The number of piperazine rings is 1. The van der Waals surface area contributed by atoms with E-state index < -0.39 is 11.7 Å². The van der Waals surface area contributed by atoms with Gasteiger partial charge in [-0.2, -0.15) is 13.2 Å². The van der Waals surface area contributed by atoms with Crippen molar-refractivity contribution < 1.29 is 27.5 Å². The summed E-state index contributed by atoms with van der Waals surface area (Å²) in [5, 5.41) is 0. The average Bonchev–Trinajstić information content (AvgIpc) is 2.83. The molecule has 2 aliphatic heterocycles. The van der Waals surface area contributed by atoms with E-state index in [1.165, 1.54) is 12.1 Å². The molecule has 0 atom stereocenters. The molecule has 2 aromatic carbocycles. The molecule has 0 bridgehead atoms. The van der Waals surface area contributed by atoms with Crippen LogP contribution in [0.3, 0.4) is 0 Å². The fraction of sp³-hybridized carbons (Fsp3) is 0.391. The minimum atomic E-state index is -4.44. The Labute approximate surface area is 184 Å². The Morgan fingerprint density at radius 1 is 0.688 bits per heavy atom. The second-order valence-electron chi connectivity index (χ2n) is 7.81. The van der Waals surface area contributed by atoms with Gasteiger partial charge in [0, 0.05) is 56.1 Å². The minimum absolute atomic E-state index is 0.0971. The lowest BCUT2D eigenvalue weighted by molar-refractivity contribution is -0.137. The van der Waals surface area contributed by atoms with Crippen LogP contribution in [0.25, 0.3) is 0 Å². The predicted molar refractivity (Wildman–Crippen MR) is 113 cm³/mol. The van der Waals surface area contributed by atoms with E-state index in [2.05, 4.69) is 4.90 Å². The second kappa shape index (κ2) is 9.20. The number of benzene rings is 2. The molecule has 0 unspecified atom stereocenters. The lowest BCUT2D eigenvalue weighted by Crippen LogP contribution is -2.50. The van der Waals surface area contributed by atoms with Gasteiger partial charge in [0.2, 0.25) is 0 Å². The molecular formula is C23H24F3N3O3. The van der Waals surface area contributed by atoms with E-state index in [0.717, 1.165) is 30.9 Å². The fourth-order valence-electron chi connectivity index (χ4n) is 3.92. The van der Waals surface area contributed by atoms with Crippen LogP contribution < -0.4 is 4.90 Å². The van der Waals surface area contributed by atoms with E-state index in [0.29, 0.717) is 45.0 Å². The highest BCUT2D eigenvalue weighted by molar-refractivity contribution is 5.96. The molecule has 2 amide bonds. The summed E-state index contributed by atoms with van der Waals surface area (Å²) >= 11 is 0. The average molecular weight is 447 g/mol. The molecule has 2 heterocycles. The first kappa shape index (κ1) is 22.1. The Morgan fingerprint density at radius 2 is 1.12 bits per heavy atom. The zero-order valence-corrected chi connectivity index (χ0v) is 17.5. The molecular weight excluding hydrogens is 423 g/mol. The Morgan fingerprint density at radius 3 is 1.56 bits per heavy atom. The van der Waals surface area contributed by atoms with Crippen molar-refractivity contribution in [2.75, 3.05) is 57.4 Å². The number of nitrogens with zero attached hydrogens (tertiary/aromatic N) is 3. The fourth-order valence-corrected chi connectivity index (χ4v) is 3.92. The van der Waals surface area contributed by atoms with Crippen LogP contribution >= 0.6 is 0 Å². The van der Waals surface area contributed by atoms with Crippen LogP contribution in [0.4, 0.5) is 18.9 Å². The van der Waals surface area contributed by atoms with Gasteiger partial charge >= 0.3 is 6.18 Å². The third-order valence-electron chi connectivity index (χ3n) is 5.80. The maximum absolute atomic E-state index is 12.8. The van der Waals surface area contributed by atoms with Crippen molar-refractivity contribution in [3.8, 4) is 0 Å². The molecule has 32 heavy (non-hydrogen) atoms. The van der Waals surface area contributed by atoms with Crippen molar-refractivity contribution in [2.24, 2.45) is 0 Å². The number of rotatable bonds is 3. The maximum Gasteiger partial charge on any atom is 0.416 e. The monoisotopic (exact) mass is 447 g/mol. The van der Waals surface area contributed by atoms with Crippen LogP contribution in [-0.2, 0) is 10.9 Å². The molecule has 0 saturated carbocycles. The standard InChI is InChI=1S/C23H24F3N3O3/c24-23(25,26)19-5-1-17(2-6-19)21(30)28-9-11-29(12-10-28)22(31)18-3-7-20(8-4-18)27-13-15-32-16-14-27/h1-8H,9-16H2. The lowest BCUT2D eigenvalue weighted by Gasteiger charge is -2.35. The molecule has 2 aliphatic rings. The number of halogens is 3. The summed E-state index contributed by atoms with van der Waals surface area (Å²) in [5.74, 6) is -0.430. The van der Waals surface area contributed by atoms with E-state index >= 15 is 0 Å². The molecule has 9 heteroatoms. The molecule has 0 radical (unpaired) electrons. The molecule has 6 nitrogen and oxygen atoms in total. The van der Waals surface area contributed by atoms with Gasteiger partial charge < -0.3 is 19.4 Å². The number of ether oxygens (including phenoxy) is 1. The molecule has 0 aromatic heterocycles. The SMILES string of the molecule is O=C(c1ccc(N2CCOCC2)cc1)N1CCN(C(=O)c2ccc(C(F)(F)F)cc2)CC1. The van der Waals surface area contributed by atoms with Crippen molar-refractivity contribution >= 4 is 17.5 Å². The summed E-state index contributed by atoms with van der Waals surface area (Å²) in [6, 6.07) is 11.7. The minimum Gasteiger partial charge on any atom is -0.378 e. The molecule has 170 valence electrons. The largest absolute Gasteiger partial charge is 0.416 e. The molecule has 0 spiro atoms. The molecule has 2 saturated heterocycles. The number of carbonyl (C=O) groups excluding carboxylic acids is 2. The summed E-state index contributed by atoms with van der Waals surface area (Å²) in [4.78, 5) is 30.9. The highest BCUT2D eigenvalue weighted by Crippen LogP contribution is 2.29. The first-order valence-electron chi connectivity index (χ1n) is 10.5. The highest BCUT2D eigenvalue weighted by atomic mass is 19.4. The van der Waals surface area contributed by atoms with Gasteiger partial charge in [-0.15, -0.1) is 0 Å². The number of morpholine rings is 1. The molecule has 0 N–H and O–H groups in total. The van der Waals surface area contributed by atoms with Gasteiger partial charge in [0.25, 0.3) is 11.8 Å². The van der Waals surface area contributed by atoms with Crippen molar-refractivity contribution in [2.45, 2.75) is 6.18 Å². The normalized spacial score (nSPS) is 17.4. The molecule has 0 aliphatic carbocycles. The van der Waals surface area contributed by atoms with Gasteiger partial charge in [-0.25, -0.2) is 0 Å². The number of anilines is 1. The van der Waals surface area contributed by atoms with Crippen LogP contribution in [0, 0.1) is 0 Å². The lowest BCUT2D eigenvalue weighted by atomic mass is 10.1. The topological polar surface area (TPSA) is 53.1 Å². The third-order valence-corrected chi connectivity index (χ3v) is 5.80. The maximum atomic E-state index is 12.8. The van der Waals surface area contributed by atoms with Crippen LogP contribution in [0.2, 0.25) is 0 Å². The summed E-state index contributed by atoms with van der Waals surface area (Å²) in [7, 11) is 0. The van der Waals surface area contributed by atoms with Crippen molar-refractivity contribution in [3.63, 3.8) is 0 Å². The summed E-state index contributed by atoms with van der Waals surface area (Å²) in [6.07, 6.45) is -4.44. The van der Waals surface area contributed by atoms with E-state index in [9.17, 15) is 22.8 Å². The number of hydrogen-bond donors (Lipinski definition) is 0. The first-order chi connectivity index (χ1) is 15.3.